The van der Waals surface area contributed by atoms with Crippen LogP contribution >= 0.6 is 0 Å². The molecule has 1 aromatic rings. The van der Waals surface area contributed by atoms with Crippen LogP contribution in [-0.2, 0) is 11.8 Å². The smallest absolute Gasteiger partial charge is 0.314 e. The predicted octanol–water partition coefficient (Wildman–Crippen LogP) is 2.31. The van der Waals surface area contributed by atoms with Crippen molar-refractivity contribution >= 4 is 6.03 Å². The third-order valence-electron chi connectivity index (χ3n) is 6.34. The number of piperidine rings is 1. The Hall–Kier alpha value is -1.60. The van der Waals surface area contributed by atoms with Gasteiger partial charge in [0, 0.05) is 44.9 Å². The summed E-state index contributed by atoms with van der Waals surface area (Å²) in [4.78, 5) is 14.8. The maximum absolute atomic E-state index is 12.4. The molecule has 2 fully saturated rings. The molecule has 3 atom stereocenters. The number of likely N-dealkylation sites (N-methyl/N-ethyl adjacent to an activating group) is 1. The molecule has 7 nitrogen and oxygen atoms in total. The molecule has 7 heteroatoms. The molecule has 2 aliphatic heterocycles. The average molecular weight is 378 g/mol. The largest absolute Gasteiger partial charge is 0.372 e. The first kappa shape index (κ1) is 20.1. The second-order valence-electron chi connectivity index (χ2n) is 8.75. The molecular weight excluding hydrogens is 342 g/mol. The van der Waals surface area contributed by atoms with Crippen molar-refractivity contribution in [3.63, 3.8) is 0 Å². The lowest BCUT2D eigenvalue weighted by molar-refractivity contribution is -0.0314. The lowest BCUT2D eigenvalue weighted by atomic mass is 9.76. The van der Waals surface area contributed by atoms with Crippen LogP contribution in [0.15, 0.2) is 12.3 Å². The molecule has 0 bridgehead atoms. The van der Waals surface area contributed by atoms with E-state index in [1.165, 1.54) is 12.8 Å². The van der Waals surface area contributed by atoms with E-state index in [1.54, 1.807) is 6.20 Å². The van der Waals surface area contributed by atoms with Gasteiger partial charge in [-0.1, -0.05) is 13.8 Å². The van der Waals surface area contributed by atoms with Gasteiger partial charge in [-0.3, -0.25) is 4.68 Å². The van der Waals surface area contributed by atoms with E-state index in [9.17, 15) is 4.79 Å². The highest BCUT2D eigenvalue weighted by Gasteiger charge is 2.36. The number of likely N-dealkylation sites (tertiary alicyclic amines) is 1. The third-order valence-corrected chi connectivity index (χ3v) is 6.34. The molecule has 3 heterocycles. The van der Waals surface area contributed by atoms with Gasteiger partial charge in [0.05, 0.1) is 5.69 Å². The van der Waals surface area contributed by atoms with Gasteiger partial charge in [0.2, 0.25) is 0 Å². The summed E-state index contributed by atoms with van der Waals surface area (Å²) in [5.74, 6) is 0.272. The van der Waals surface area contributed by atoms with Gasteiger partial charge < -0.3 is 20.3 Å². The summed E-state index contributed by atoms with van der Waals surface area (Å²) in [6.07, 6.45) is 6.31. The maximum Gasteiger partial charge on any atom is 0.314 e. The van der Waals surface area contributed by atoms with E-state index in [4.69, 9.17) is 4.74 Å². The van der Waals surface area contributed by atoms with Crippen molar-refractivity contribution in [1.82, 2.24) is 25.3 Å². The Kier molecular flexibility index (Phi) is 6.42. The Bertz CT molecular complexity index is 630. The predicted molar refractivity (Wildman–Crippen MR) is 105 cm³/mol. The van der Waals surface area contributed by atoms with Gasteiger partial charge in [-0.2, -0.15) is 5.10 Å². The lowest BCUT2D eigenvalue weighted by Gasteiger charge is -2.45. The summed E-state index contributed by atoms with van der Waals surface area (Å²) in [5.41, 5.74) is 1.30. The number of urea groups is 1. The number of hydrogen-bond acceptors (Lipinski definition) is 4. The fourth-order valence-electron chi connectivity index (χ4n) is 4.65. The van der Waals surface area contributed by atoms with Crippen molar-refractivity contribution in [2.45, 2.75) is 51.7 Å². The Morgan fingerprint density at radius 2 is 2.07 bits per heavy atom. The third kappa shape index (κ3) is 4.82. The summed E-state index contributed by atoms with van der Waals surface area (Å²) in [5, 5.41) is 10.4. The van der Waals surface area contributed by atoms with Crippen LogP contribution < -0.4 is 10.6 Å². The maximum atomic E-state index is 12.4. The van der Waals surface area contributed by atoms with Crippen molar-refractivity contribution < 1.29 is 9.53 Å². The monoisotopic (exact) mass is 377 g/mol. The Morgan fingerprint density at radius 3 is 2.78 bits per heavy atom. The number of aryl methyl sites for hydroxylation is 1. The zero-order chi connectivity index (χ0) is 19.4. The van der Waals surface area contributed by atoms with Crippen LogP contribution in [-0.4, -0.2) is 60.0 Å². The molecule has 152 valence electrons. The number of carbonyl (C=O) groups is 1. The second kappa shape index (κ2) is 8.61. The van der Waals surface area contributed by atoms with E-state index in [2.05, 4.69) is 41.5 Å². The fourth-order valence-corrected chi connectivity index (χ4v) is 4.65. The van der Waals surface area contributed by atoms with E-state index >= 15 is 0 Å². The molecule has 1 unspecified atom stereocenters. The van der Waals surface area contributed by atoms with Crippen molar-refractivity contribution in [1.29, 1.82) is 0 Å². The van der Waals surface area contributed by atoms with Crippen LogP contribution in [0.5, 0.6) is 0 Å². The Labute approximate surface area is 162 Å². The number of aromatic nitrogens is 2. The molecule has 3 rings (SSSR count). The fraction of sp³-hybridized carbons (Fsp3) is 0.800. The molecule has 0 aromatic carbocycles. The number of nitrogens with zero attached hydrogens (tertiary/aromatic N) is 3. The molecule has 2 amide bonds. The molecule has 0 aliphatic carbocycles. The minimum Gasteiger partial charge on any atom is -0.372 e. The van der Waals surface area contributed by atoms with Crippen LogP contribution in [0.4, 0.5) is 4.79 Å². The van der Waals surface area contributed by atoms with E-state index in [0.717, 1.165) is 31.7 Å². The van der Waals surface area contributed by atoms with Crippen molar-refractivity contribution in [2.75, 3.05) is 33.3 Å². The average Bonchev–Trinajstić information content (AvgIpc) is 3.05. The Morgan fingerprint density at radius 1 is 1.30 bits per heavy atom. The van der Waals surface area contributed by atoms with Gasteiger partial charge >= 0.3 is 6.03 Å². The summed E-state index contributed by atoms with van der Waals surface area (Å²) >= 11 is 0. The quantitative estimate of drug-likeness (QED) is 0.826. The number of rotatable bonds is 5. The van der Waals surface area contributed by atoms with Gasteiger partial charge in [0.1, 0.15) is 6.10 Å². The molecule has 2 N–H and O–H groups in total. The summed E-state index contributed by atoms with van der Waals surface area (Å²) < 4.78 is 7.87. The van der Waals surface area contributed by atoms with Crippen LogP contribution in [0.3, 0.4) is 0 Å². The van der Waals surface area contributed by atoms with E-state index in [0.29, 0.717) is 19.1 Å². The van der Waals surface area contributed by atoms with Crippen LogP contribution in [0.2, 0.25) is 0 Å². The minimum absolute atomic E-state index is 0.00467. The van der Waals surface area contributed by atoms with Gasteiger partial charge in [-0.05, 0) is 50.8 Å². The lowest BCUT2D eigenvalue weighted by Crippen LogP contribution is -2.54. The van der Waals surface area contributed by atoms with Gasteiger partial charge in [-0.25, -0.2) is 4.79 Å². The van der Waals surface area contributed by atoms with Gasteiger partial charge in [0.15, 0.2) is 0 Å². The zero-order valence-corrected chi connectivity index (χ0v) is 17.2. The van der Waals surface area contributed by atoms with Gasteiger partial charge in [-0.15, -0.1) is 0 Å². The number of amides is 2. The number of carbonyl (C=O) groups excluding carboxylic acids is 1. The minimum atomic E-state index is -0.0842. The van der Waals surface area contributed by atoms with Crippen LogP contribution in [0.25, 0.3) is 0 Å². The molecular formula is C20H35N5O2. The summed E-state index contributed by atoms with van der Waals surface area (Å²) in [6, 6.07) is 2.29. The van der Waals surface area contributed by atoms with Crippen LogP contribution in [0, 0.1) is 11.3 Å². The molecule has 2 saturated heterocycles. The molecule has 0 spiro atoms. The molecule has 2 aliphatic rings. The number of ether oxygens (including phenoxy) is 1. The molecule has 27 heavy (non-hydrogen) atoms. The first-order chi connectivity index (χ1) is 12.9. The van der Waals surface area contributed by atoms with Crippen molar-refractivity contribution in [3.8, 4) is 0 Å². The van der Waals surface area contributed by atoms with Crippen LogP contribution in [0.1, 0.15) is 51.3 Å². The summed E-state index contributed by atoms with van der Waals surface area (Å²) in [7, 11) is 4.09. The molecule has 0 saturated carbocycles. The standard InChI is InChI=1S/C20H35N5O2/c1-20(2)9-6-11-24(3)17(20)14-22-19(26)21-13-15-7-5-12-27-18(15)16-8-10-23-25(16)4/h8,10,15,17-18H,5-7,9,11-14H2,1-4H3,(H2,21,22,26)/t15-,17?,18+/m0/s1. The first-order valence-corrected chi connectivity index (χ1v) is 10.2. The first-order valence-electron chi connectivity index (χ1n) is 10.2. The number of nitrogens with one attached hydrogen (secondary N) is 2. The van der Waals surface area contributed by atoms with E-state index < -0.39 is 0 Å². The summed E-state index contributed by atoms with van der Waals surface area (Å²) in [6.45, 7) is 7.76. The highest BCUT2D eigenvalue weighted by molar-refractivity contribution is 5.73. The number of hydrogen-bond donors (Lipinski definition) is 2. The topological polar surface area (TPSA) is 71.4 Å². The SMILES string of the molecule is CN1CCCC(C)(C)C1CNC(=O)NC[C@@H]1CCCO[C@H]1c1ccnn1C. The molecule has 0 radical (unpaired) electrons. The Balaban J connectivity index is 1.50. The highest BCUT2D eigenvalue weighted by Crippen LogP contribution is 2.34. The van der Waals surface area contributed by atoms with Crippen molar-refractivity contribution in [3.05, 3.63) is 18.0 Å². The van der Waals surface area contributed by atoms with Crippen molar-refractivity contribution in [2.24, 2.45) is 18.4 Å². The van der Waals surface area contributed by atoms with E-state index in [1.807, 2.05) is 17.8 Å². The normalized spacial score (nSPS) is 28.7. The van der Waals surface area contributed by atoms with E-state index in [-0.39, 0.29) is 23.5 Å². The highest BCUT2D eigenvalue weighted by atomic mass is 16.5. The zero-order valence-electron chi connectivity index (χ0n) is 17.2. The van der Waals surface area contributed by atoms with Gasteiger partial charge in [0.25, 0.3) is 0 Å². The second-order valence-corrected chi connectivity index (χ2v) is 8.75. The molecule has 1 aromatic heterocycles.